The van der Waals surface area contributed by atoms with Crippen molar-refractivity contribution >= 4 is 5.91 Å². The molecule has 0 heterocycles. The minimum atomic E-state index is -0.848. The summed E-state index contributed by atoms with van der Waals surface area (Å²) in [6.45, 7) is 4.06. The van der Waals surface area contributed by atoms with Crippen molar-refractivity contribution in [3.63, 3.8) is 0 Å². The number of unbranched alkanes of at least 4 members (excludes halogenated alkanes) is 9. The van der Waals surface area contributed by atoms with Gasteiger partial charge in [-0.3, -0.25) is 4.79 Å². The van der Waals surface area contributed by atoms with E-state index in [1.54, 1.807) is 6.08 Å². The highest BCUT2D eigenvalue weighted by Gasteiger charge is 2.17. The van der Waals surface area contributed by atoms with Crippen LogP contribution in [0.1, 0.15) is 142 Å². The number of amides is 1. The number of allylic oxidation sites excluding steroid dienone is 17. The second-order valence-corrected chi connectivity index (χ2v) is 12.3. The fourth-order valence-electron chi connectivity index (χ4n) is 4.84. The summed E-state index contributed by atoms with van der Waals surface area (Å²) in [7, 11) is 0. The summed E-state index contributed by atoms with van der Waals surface area (Å²) in [4.78, 5) is 12.2. The monoisotopic (exact) mass is 662 g/mol. The van der Waals surface area contributed by atoms with E-state index in [9.17, 15) is 15.0 Å². The minimum Gasteiger partial charge on any atom is -0.394 e. The first-order valence-corrected chi connectivity index (χ1v) is 19.1. The summed E-state index contributed by atoms with van der Waals surface area (Å²) in [5, 5.41) is 22.6. The zero-order valence-electron chi connectivity index (χ0n) is 30.7. The highest BCUT2D eigenvalue weighted by molar-refractivity contribution is 5.76. The molecule has 0 aliphatic carbocycles. The fourth-order valence-corrected chi connectivity index (χ4v) is 4.84. The first kappa shape index (κ1) is 45.0. The first-order valence-electron chi connectivity index (χ1n) is 19.1. The highest BCUT2D eigenvalue weighted by Crippen LogP contribution is 2.10. The quantitative estimate of drug-likeness (QED) is 0.0496. The summed E-state index contributed by atoms with van der Waals surface area (Å²) in [5.41, 5.74) is 0. The maximum Gasteiger partial charge on any atom is 0.220 e. The van der Waals surface area contributed by atoms with Crippen LogP contribution in [0, 0.1) is 0 Å². The molecule has 0 rings (SSSR count). The zero-order valence-corrected chi connectivity index (χ0v) is 30.7. The Bertz CT molecular complexity index is 979. The van der Waals surface area contributed by atoms with E-state index in [0.29, 0.717) is 6.42 Å². The molecule has 2 atom stereocenters. The molecule has 0 aliphatic heterocycles. The normalized spacial score (nSPS) is 14.3. The van der Waals surface area contributed by atoms with Gasteiger partial charge >= 0.3 is 0 Å². The molecule has 2 unspecified atom stereocenters. The molecular weight excluding hydrogens is 590 g/mol. The van der Waals surface area contributed by atoms with E-state index < -0.39 is 12.1 Å². The molecule has 1 amide bonds. The topological polar surface area (TPSA) is 69.6 Å². The van der Waals surface area contributed by atoms with E-state index in [4.69, 9.17) is 0 Å². The fraction of sp³-hybridized carbons (Fsp3) is 0.568. The van der Waals surface area contributed by atoms with Crippen molar-refractivity contribution in [1.29, 1.82) is 0 Å². The van der Waals surface area contributed by atoms with Crippen LogP contribution in [0.5, 0.6) is 0 Å². The Hall–Kier alpha value is -2.95. The van der Waals surface area contributed by atoms with Gasteiger partial charge in [0.05, 0.1) is 18.8 Å². The summed E-state index contributed by atoms with van der Waals surface area (Å²) in [5.74, 6) is -0.0935. The van der Waals surface area contributed by atoms with Gasteiger partial charge in [-0.1, -0.05) is 162 Å². The second-order valence-electron chi connectivity index (χ2n) is 12.3. The molecule has 4 heteroatoms. The molecule has 270 valence electrons. The van der Waals surface area contributed by atoms with Gasteiger partial charge in [0, 0.05) is 6.42 Å². The van der Waals surface area contributed by atoms with Crippen LogP contribution < -0.4 is 5.32 Å². The van der Waals surface area contributed by atoms with Crippen LogP contribution >= 0.6 is 0 Å². The number of nitrogens with one attached hydrogen (secondary N) is 1. The predicted molar refractivity (Wildman–Crippen MR) is 211 cm³/mol. The third kappa shape index (κ3) is 34.4. The van der Waals surface area contributed by atoms with Crippen LogP contribution in [-0.2, 0) is 4.79 Å². The Balaban J connectivity index is 3.66. The molecule has 3 N–H and O–H groups in total. The van der Waals surface area contributed by atoms with Crippen molar-refractivity contribution in [3.05, 3.63) is 109 Å². The number of aliphatic hydroxyl groups excluding tert-OH is 2. The third-order valence-corrected chi connectivity index (χ3v) is 7.76. The maximum absolute atomic E-state index is 12.2. The molecule has 0 aromatic rings. The average molecular weight is 662 g/mol. The molecule has 0 saturated heterocycles. The van der Waals surface area contributed by atoms with Gasteiger partial charge in [-0.25, -0.2) is 0 Å². The van der Waals surface area contributed by atoms with Gasteiger partial charge in [0.2, 0.25) is 5.91 Å². The number of aliphatic hydroxyl groups is 2. The molecule has 0 aromatic heterocycles. The van der Waals surface area contributed by atoms with Crippen LogP contribution in [0.25, 0.3) is 0 Å². The first-order chi connectivity index (χ1) is 23.7. The van der Waals surface area contributed by atoms with E-state index in [0.717, 1.165) is 96.3 Å². The Morgan fingerprint density at radius 2 is 0.917 bits per heavy atom. The van der Waals surface area contributed by atoms with Crippen molar-refractivity contribution < 1.29 is 15.0 Å². The van der Waals surface area contributed by atoms with Crippen LogP contribution in [0.15, 0.2) is 109 Å². The average Bonchev–Trinajstić information content (AvgIpc) is 3.09. The number of carbonyl (C=O) groups excluding carboxylic acids is 1. The number of hydrogen-bond donors (Lipinski definition) is 3. The van der Waals surface area contributed by atoms with Gasteiger partial charge in [-0.2, -0.15) is 0 Å². The lowest BCUT2D eigenvalue weighted by Crippen LogP contribution is -2.45. The van der Waals surface area contributed by atoms with Gasteiger partial charge in [0.1, 0.15) is 0 Å². The lowest BCUT2D eigenvalue weighted by molar-refractivity contribution is -0.123. The molecular formula is C44H71NO3. The summed E-state index contributed by atoms with van der Waals surface area (Å²) in [6, 6.07) is -0.633. The second kappa shape index (κ2) is 38.5. The van der Waals surface area contributed by atoms with Gasteiger partial charge in [0.25, 0.3) is 0 Å². The van der Waals surface area contributed by atoms with Crippen LogP contribution in [0.2, 0.25) is 0 Å². The molecule has 48 heavy (non-hydrogen) atoms. The van der Waals surface area contributed by atoms with E-state index in [-0.39, 0.29) is 12.5 Å². The van der Waals surface area contributed by atoms with Gasteiger partial charge in [-0.05, 0) is 83.5 Å². The summed E-state index contributed by atoms with van der Waals surface area (Å²) < 4.78 is 0. The molecule has 0 fully saturated rings. The van der Waals surface area contributed by atoms with Crippen LogP contribution in [0.3, 0.4) is 0 Å². The molecule has 0 saturated carbocycles. The lowest BCUT2D eigenvalue weighted by Gasteiger charge is -2.20. The largest absolute Gasteiger partial charge is 0.394 e. The molecule has 4 nitrogen and oxygen atoms in total. The SMILES string of the molecule is CC/C=C\C/C=C\C/C=C\C/C=C\C/C=C\C/C=C\C/C=C\C/C=C\CCCCCCCCC(=O)NC(CO)C(O)/C=C/CCCCC. The van der Waals surface area contributed by atoms with Gasteiger partial charge < -0.3 is 15.5 Å². The van der Waals surface area contributed by atoms with Gasteiger partial charge in [-0.15, -0.1) is 0 Å². The summed E-state index contributed by atoms with van der Waals surface area (Å²) in [6.07, 6.45) is 59.2. The molecule has 0 aromatic carbocycles. The lowest BCUT2D eigenvalue weighted by atomic mass is 10.1. The standard InChI is InChI=1S/C44H71NO3/c1-3-5-7-9-10-11-12-13-14-15-16-17-18-19-20-21-22-23-24-25-26-27-28-29-30-31-32-33-34-36-38-40-44(48)45-42(41-46)43(47)39-37-35-8-6-4-2/h5,7,10-11,13-14,16-17,19-20,22-23,25-26,28-29,37,39,42-43,46-47H,3-4,6,8-9,12,15,18,21,24,27,30-36,38,40-41H2,1-2H3,(H,45,48)/b7-5-,11-10-,14-13-,17-16-,20-19-,23-22-,26-25-,29-28-,39-37+. The van der Waals surface area contributed by atoms with E-state index >= 15 is 0 Å². The maximum atomic E-state index is 12.2. The predicted octanol–water partition coefficient (Wildman–Crippen LogP) is 11.7. The molecule has 0 radical (unpaired) electrons. The third-order valence-electron chi connectivity index (χ3n) is 7.76. The number of hydrogen-bond acceptors (Lipinski definition) is 3. The van der Waals surface area contributed by atoms with Crippen molar-refractivity contribution in [2.75, 3.05) is 6.61 Å². The van der Waals surface area contributed by atoms with Crippen LogP contribution in [0.4, 0.5) is 0 Å². The Morgan fingerprint density at radius 3 is 1.38 bits per heavy atom. The van der Waals surface area contributed by atoms with E-state index in [2.05, 4.69) is 116 Å². The zero-order chi connectivity index (χ0) is 35.0. The summed E-state index contributed by atoms with van der Waals surface area (Å²) >= 11 is 0. The minimum absolute atomic E-state index is 0.0935. The van der Waals surface area contributed by atoms with Crippen LogP contribution in [-0.4, -0.2) is 34.9 Å². The van der Waals surface area contributed by atoms with Crippen molar-refractivity contribution in [2.45, 2.75) is 154 Å². The smallest absolute Gasteiger partial charge is 0.220 e. The highest BCUT2D eigenvalue weighted by atomic mass is 16.3. The molecule has 0 aliphatic rings. The van der Waals surface area contributed by atoms with E-state index in [1.807, 2.05) is 6.08 Å². The van der Waals surface area contributed by atoms with E-state index in [1.165, 1.54) is 25.7 Å². The molecule has 0 bridgehead atoms. The Morgan fingerprint density at radius 1 is 0.521 bits per heavy atom. The van der Waals surface area contributed by atoms with Crippen molar-refractivity contribution in [1.82, 2.24) is 5.32 Å². The van der Waals surface area contributed by atoms with Gasteiger partial charge in [0.15, 0.2) is 0 Å². The van der Waals surface area contributed by atoms with Crippen molar-refractivity contribution in [2.24, 2.45) is 0 Å². The Kier molecular flexibility index (Phi) is 36.1. The number of carbonyl (C=O) groups is 1. The number of rotatable bonds is 32. The van der Waals surface area contributed by atoms with Crippen molar-refractivity contribution in [3.8, 4) is 0 Å². The Labute approximate surface area is 296 Å². The molecule has 0 spiro atoms.